The molecule has 24 valence electrons. The van der Waals surface area contributed by atoms with Gasteiger partial charge in [-0.25, -0.2) is 4.20 Å². The number of halogens is 1. The van der Waals surface area contributed by atoms with E-state index in [1.54, 1.807) is 0 Å². The molecule has 0 saturated carbocycles. The number of hydrogen-bond acceptors (Lipinski definition) is 0. The van der Waals surface area contributed by atoms with Crippen molar-refractivity contribution in [3.63, 3.8) is 0 Å². The van der Waals surface area contributed by atoms with Crippen molar-refractivity contribution in [2.45, 2.75) is 0 Å². The molecule has 0 aliphatic rings. The molecule has 0 fully saturated rings. The van der Waals surface area contributed by atoms with Crippen LogP contribution in [0.25, 0.3) is 0 Å². The van der Waals surface area contributed by atoms with Crippen LogP contribution in [0.2, 0.25) is 0 Å². The fourth-order valence-corrected chi connectivity index (χ4v) is 0. The molecule has 1 atom stereocenters. The number of rotatable bonds is 1. The van der Waals surface area contributed by atoms with Crippen LogP contribution in [0.4, 0.5) is 4.20 Å². The summed E-state index contributed by atoms with van der Waals surface area (Å²) >= 11 is 0. The van der Waals surface area contributed by atoms with Gasteiger partial charge in [-0.15, -0.1) is 0 Å². The van der Waals surface area contributed by atoms with Crippen molar-refractivity contribution in [1.82, 2.24) is 0 Å². The molecule has 0 aromatic rings. The summed E-state index contributed by atoms with van der Waals surface area (Å²) < 4.78 is 10.6. The summed E-state index contributed by atoms with van der Waals surface area (Å²) in [6.45, 7) is 3.12. The predicted octanol–water partition coefficient (Wildman–Crippen LogP) is 1.69. The van der Waals surface area contributed by atoms with Crippen LogP contribution in [0.15, 0.2) is 12.4 Å². The fraction of sp³-hybridized carbons (Fsp3) is 0. The Morgan fingerprint density at radius 3 is 2.25 bits per heavy atom. The smallest absolute Gasteiger partial charge is 0.0904 e. The molecule has 0 saturated heterocycles. The highest BCUT2D eigenvalue weighted by atomic mass is 31.1. The van der Waals surface area contributed by atoms with E-state index < -0.39 is 8.89 Å². The van der Waals surface area contributed by atoms with Crippen LogP contribution in [0.5, 0.6) is 0 Å². The van der Waals surface area contributed by atoms with Crippen LogP contribution in [-0.4, -0.2) is 0 Å². The lowest BCUT2D eigenvalue weighted by Gasteiger charge is -1.54. The summed E-state index contributed by atoms with van der Waals surface area (Å²) in [7, 11) is -0.596. The highest BCUT2D eigenvalue weighted by molar-refractivity contribution is 7.35. The zero-order valence-corrected chi connectivity index (χ0v) is 3.16. The Balaban J connectivity index is 2.30. The van der Waals surface area contributed by atoms with Gasteiger partial charge >= 0.3 is 0 Å². The molecule has 1 unspecified atom stereocenters. The molecule has 0 amide bonds. The quantitative estimate of drug-likeness (QED) is 0.418. The van der Waals surface area contributed by atoms with Crippen molar-refractivity contribution < 1.29 is 4.20 Å². The minimum absolute atomic E-state index is 0.596. The van der Waals surface area contributed by atoms with E-state index in [1.165, 1.54) is 5.82 Å². The second-order valence-corrected chi connectivity index (χ2v) is 0.940. The molecule has 0 radical (unpaired) electrons. The molecule has 0 aliphatic heterocycles. The predicted molar refractivity (Wildman–Crippen MR) is 19.6 cm³/mol. The van der Waals surface area contributed by atoms with E-state index in [-0.39, 0.29) is 0 Å². The SMILES string of the molecule is C=CPF. The van der Waals surface area contributed by atoms with E-state index in [2.05, 4.69) is 6.58 Å². The number of hydrogen-bond donors (Lipinski definition) is 0. The summed E-state index contributed by atoms with van der Waals surface area (Å²) in [4.78, 5) is 0. The average molecular weight is 78.0 g/mol. The van der Waals surface area contributed by atoms with Crippen LogP contribution in [-0.2, 0) is 0 Å². The van der Waals surface area contributed by atoms with Crippen LogP contribution in [0.3, 0.4) is 0 Å². The van der Waals surface area contributed by atoms with E-state index in [0.29, 0.717) is 0 Å². The molecular formula is C2H4FP. The largest absolute Gasteiger partial charge is 0.226 e. The second-order valence-electron chi connectivity index (χ2n) is 0.313. The van der Waals surface area contributed by atoms with E-state index in [9.17, 15) is 4.20 Å². The van der Waals surface area contributed by atoms with E-state index in [4.69, 9.17) is 0 Å². The van der Waals surface area contributed by atoms with Crippen molar-refractivity contribution >= 4 is 8.89 Å². The molecule has 0 bridgehead atoms. The molecule has 0 spiro atoms. The molecular weight excluding hydrogens is 74.0 g/mol. The van der Waals surface area contributed by atoms with Crippen LogP contribution < -0.4 is 0 Å². The van der Waals surface area contributed by atoms with Gasteiger partial charge in [-0.3, -0.25) is 0 Å². The van der Waals surface area contributed by atoms with E-state index in [1.807, 2.05) is 0 Å². The normalized spacial score (nSPS) is 9.25. The minimum Gasteiger partial charge on any atom is -0.226 e. The summed E-state index contributed by atoms with van der Waals surface area (Å²) in [5.74, 6) is 1.24. The van der Waals surface area contributed by atoms with Crippen molar-refractivity contribution in [3.05, 3.63) is 12.4 Å². The summed E-state index contributed by atoms with van der Waals surface area (Å²) in [6.07, 6.45) is 0. The molecule has 0 N–H and O–H groups in total. The summed E-state index contributed by atoms with van der Waals surface area (Å²) in [5.41, 5.74) is 0. The zero-order chi connectivity index (χ0) is 3.41. The fourth-order valence-electron chi connectivity index (χ4n) is 0. The molecule has 0 aromatic heterocycles. The van der Waals surface area contributed by atoms with Gasteiger partial charge in [0.15, 0.2) is 0 Å². The summed E-state index contributed by atoms with van der Waals surface area (Å²) in [6, 6.07) is 0. The maximum atomic E-state index is 10.6. The lowest BCUT2D eigenvalue weighted by Crippen LogP contribution is -1.06. The monoisotopic (exact) mass is 78.0 g/mol. The van der Waals surface area contributed by atoms with Gasteiger partial charge in [0.1, 0.15) is 0 Å². The van der Waals surface area contributed by atoms with Crippen molar-refractivity contribution in [1.29, 1.82) is 0 Å². The van der Waals surface area contributed by atoms with Gasteiger partial charge in [0.25, 0.3) is 0 Å². The maximum absolute atomic E-state index is 10.6. The van der Waals surface area contributed by atoms with Gasteiger partial charge in [-0.2, -0.15) is 0 Å². The Kier molecular flexibility index (Phi) is 3.18. The van der Waals surface area contributed by atoms with Crippen molar-refractivity contribution in [2.75, 3.05) is 0 Å². The molecule has 0 aromatic carbocycles. The van der Waals surface area contributed by atoms with Gasteiger partial charge in [-0.1, -0.05) is 6.58 Å². The average Bonchev–Trinajstić information content (AvgIpc) is 1.37. The first-order valence-electron chi connectivity index (χ1n) is 0.886. The Labute approximate surface area is 26.6 Å². The Bertz CT molecular complexity index is 20.0. The first-order chi connectivity index (χ1) is 1.91. The van der Waals surface area contributed by atoms with Crippen LogP contribution >= 0.6 is 8.89 Å². The van der Waals surface area contributed by atoms with Crippen molar-refractivity contribution in [2.24, 2.45) is 0 Å². The second kappa shape index (κ2) is 3.10. The topological polar surface area (TPSA) is 0 Å². The molecule has 0 nitrogen and oxygen atoms in total. The third-order valence-electron chi connectivity index (χ3n) is 0.0772. The molecule has 4 heavy (non-hydrogen) atoms. The van der Waals surface area contributed by atoms with E-state index in [0.717, 1.165) is 0 Å². The third-order valence-corrected chi connectivity index (χ3v) is 0.231. The summed E-state index contributed by atoms with van der Waals surface area (Å²) in [5, 5.41) is 0. The highest BCUT2D eigenvalue weighted by Gasteiger charge is 1.49. The molecule has 0 heterocycles. The first kappa shape index (κ1) is 4.10. The van der Waals surface area contributed by atoms with Gasteiger partial charge in [0, 0.05) is 0 Å². The molecule has 0 rings (SSSR count). The Morgan fingerprint density at radius 2 is 2.25 bits per heavy atom. The lowest BCUT2D eigenvalue weighted by atomic mass is 11.3. The van der Waals surface area contributed by atoms with Crippen LogP contribution in [0, 0.1) is 0 Å². The standard InChI is InChI=1S/C2H4FP/c1-2-4-3/h2,4H,1H2. The molecule has 0 aliphatic carbocycles. The maximum Gasteiger partial charge on any atom is 0.0904 e. The highest BCUT2D eigenvalue weighted by Crippen LogP contribution is 2.07. The van der Waals surface area contributed by atoms with Gasteiger partial charge in [0.05, 0.1) is 8.89 Å². The zero-order valence-electron chi connectivity index (χ0n) is 2.16. The minimum atomic E-state index is -0.596. The Hall–Kier alpha value is 0.100. The lowest BCUT2D eigenvalue weighted by molar-refractivity contribution is 0.929. The van der Waals surface area contributed by atoms with Gasteiger partial charge in [0.2, 0.25) is 0 Å². The first-order valence-corrected chi connectivity index (χ1v) is 1.84. The third kappa shape index (κ3) is 2.10. The van der Waals surface area contributed by atoms with Crippen molar-refractivity contribution in [3.8, 4) is 0 Å². The van der Waals surface area contributed by atoms with Crippen LogP contribution in [0.1, 0.15) is 0 Å². The Morgan fingerprint density at radius 1 is 2.00 bits per heavy atom. The van der Waals surface area contributed by atoms with Gasteiger partial charge in [-0.05, 0) is 5.82 Å². The van der Waals surface area contributed by atoms with E-state index >= 15 is 0 Å². The van der Waals surface area contributed by atoms with Gasteiger partial charge < -0.3 is 0 Å². The molecule has 2 heteroatoms.